The van der Waals surface area contributed by atoms with Crippen molar-refractivity contribution in [2.24, 2.45) is 0 Å². The van der Waals surface area contributed by atoms with Crippen molar-refractivity contribution in [2.45, 2.75) is 51.9 Å². The molecular formula is C23H22I2O3. The smallest absolute Gasteiger partial charge is 0.197 e. The van der Waals surface area contributed by atoms with Crippen LogP contribution in [0.25, 0.3) is 11.0 Å². The van der Waals surface area contributed by atoms with E-state index in [1.807, 2.05) is 0 Å². The number of unbranched alkanes of at least 4 members (excludes halogenated alkanes) is 1. The summed E-state index contributed by atoms with van der Waals surface area (Å²) in [7, 11) is 0. The van der Waals surface area contributed by atoms with Crippen LogP contribution in [-0.4, -0.2) is 10.9 Å². The van der Waals surface area contributed by atoms with E-state index in [9.17, 15) is 9.90 Å². The van der Waals surface area contributed by atoms with E-state index in [2.05, 4.69) is 64.2 Å². The van der Waals surface area contributed by atoms with Crippen LogP contribution in [0.2, 0.25) is 0 Å². The van der Waals surface area contributed by atoms with E-state index < -0.39 is 0 Å². The van der Waals surface area contributed by atoms with Crippen LogP contribution in [0.15, 0.2) is 28.7 Å². The summed E-state index contributed by atoms with van der Waals surface area (Å²) >= 11 is 4.15. The second-order valence-corrected chi connectivity index (χ2v) is 9.73. The molecule has 0 bridgehead atoms. The summed E-state index contributed by atoms with van der Waals surface area (Å²) in [5.74, 6) is 1.02. The first-order valence-electron chi connectivity index (χ1n) is 9.80. The van der Waals surface area contributed by atoms with Gasteiger partial charge in [-0.25, -0.2) is 0 Å². The average molecular weight is 600 g/mol. The number of hydrogen-bond acceptors (Lipinski definition) is 3. The van der Waals surface area contributed by atoms with Gasteiger partial charge in [0.25, 0.3) is 0 Å². The standard InChI is InChI=1S/C23H22I2O3/c1-2-3-8-19-20(21(26)14-11-17(24)22(27)18(25)12-14)16-10-9-13-6-4-5-7-15(13)23(16)28-19/h9-12,27H,2-8H2,1H3. The predicted octanol–water partition coefficient (Wildman–Crippen LogP) is 6.80. The monoisotopic (exact) mass is 600 g/mol. The number of carbonyl (C=O) groups is 1. The molecule has 0 spiro atoms. The van der Waals surface area contributed by atoms with Gasteiger partial charge in [-0.2, -0.15) is 0 Å². The lowest BCUT2D eigenvalue weighted by Gasteiger charge is -2.15. The summed E-state index contributed by atoms with van der Waals surface area (Å²) in [6, 6.07) is 7.78. The number of ketones is 1. The molecule has 3 nitrogen and oxygen atoms in total. The van der Waals surface area contributed by atoms with Gasteiger partial charge in [0.2, 0.25) is 0 Å². The van der Waals surface area contributed by atoms with E-state index in [1.165, 1.54) is 24.0 Å². The molecular weight excluding hydrogens is 578 g/mol. The second kappa shape index (κ2) is 8.34. The van der Waals surface area contributed by atoms with E-state index in [0.717, 1.165) is 48.8 Å². The van der Waals surface area contributed by atoms with Gasteiger partial charge < -0.3 is 9.52 Å². The molecule has 1 heterocycles. The van der Waals surface area contributed by atoms with Crippen molar-refractivity contribution < 1.29 is 14.3 Å². The van der Waals surface area contributed by atoms with Gasteiger partial charge in [-0.1, -0.05) is 25.5 Å². The molecule has 0 unspecified atom stereocenters. The Labute approximate surface area is 192 Å². The molecule has 0 saturated heterocycles. The molecule has 4 rings (SSSR count). The molecule has 0 aliphatic heterocycles. The fourth-order valence-corrected chi connectivity index (χ4v) is 5.80. The molecule has 1 aromatic heterocycles. The van der Waals surface area contributed by atoms with Crippen LogP contribution in [0.1, 0.15) is 65.4 Å². The van der Waals surface area contributed by atoms with Crippen molar-refractivity contribution in [3.63, 3.8) is 0 Å². The van der Waals surface area contributed by atoms with Gasteiger partial charge in [0.1, 0.15) is 17.1 Å². The average Bonchev–Trinajstić information content (AvgIpc) is 3.08. The lowest BCUT2D eigenvalue weighted by molar-refractivity contribution is 0.103. The number of phenols is 1. The maximum absolute atomic E-state index is 13.5. The summed E-state index contributed by atoms with van der Waals surface area (Å²) in [6.45, 7) is 2.15. The number of aromatic hydroxyl groups is 1. The summed E-state index contributed by atoms with van der Waals surface area (Å²) in [5.41, 5.74) is 4.87. The molecule has 1 aliphatic rings. The molecule has 1 aliphatic carbocycles. The molecule has 0 amide bonds. The molecule has 5 heteroatoms. The first kappa shape index (κ1) is 20.2. The molecule has 0 fully saturated rings. The fraction of sp³-hybridized carbons (Fsp3) is 0.348. The number of aryl methyl sites for hydroxylation is 3. The molecule has 0 atom stereocenters. The van der Waals surface area contributed by atoms with Gasteiger partial charge in [-0.3, -0.25) is 4.79 Å². The van der Waals surface area contributed by atoms with Crippen LogP contribution in [-0.2, 0) is 19.3 Å². The third-order valence-electron chi connectivity index (χ3n) is 5.52. The lowest BCUT2D eigenvalue weighted by atomic mass is 9.89. The Balaban J connectivity index is 1.90. The van der Waals surface area contributed by atoms with Gasteiger partial charge >= 0.3 is 0 Å². The molecule has 0 saturated carbocycles. The molecule has 3 aromatic rings. The Kier molecular flexibility index (Phi) is 6.01. The maximum Gasteiger partial charge on any atom is 0.197 e. The third kappa shape index (κ3) is 3.60. The lowest BCUT2D eigenvalue weighted by Crippen LogP contribution is -2.06. The summed E-state index contributed by atoms with van der Waals surface area (Å²) in [6.07, 6.45) is 7.33. The Morgan fingerprint density at radius 1 is 1.14 bits per heavy atom. The fourth-order valence-electron chi connectivity index (χ4n) is 4.04. The quantitative estimate of drug-likeness (QED) is 0.259. The van der Waals surface area contributed by atoms with Crippen molar-refractivity contribution in [3.05, 3.63) is 59.4 Å². The zero-order valence-corrected chi connectivity index (χ0v) is 20.1. The number of rotatable bonds is 5. The SMILES string of the molecule is CCCCc1oc2c3c(ccc2c1C(=O)c1cc(I)c(O)c(I)c1)CCCC3. The number of benzene rings is 2. The normalized spacial score (nSPS) is 13.7. The van der Waals surface area contributed by atoms with Crippen molar-refractivity contribution in [3.8, 4) is 5.75 Å². The van der Waals surface area contributed by atoms with Gasteiger partial charge in [0, 0.05) is 17.4 Å². The number of halogens is 2. The van der Waals surface area contributed by atoms with Crippen molar-refractivity contribution in [1.29, 1.82) is 0 Å². The summed E-state index contributed by atoms with van der Waals surface area (Å²) in [5, 5.41) is 11.0. The van der Waals surface area contributed by atoms with Crippen LogP contribution in [0.3, 0.4) is 0 Å². The van der Waals surface area contributed by atoms with Gasteiger partial charge in [0.05, 0.1) is 12.7 Å². The number of phenolic OH excluding ortho intramolecular Hbond substituents is 1. The highest BCUT2D eigenvalue weighted by atomic mass is 127. The largest absolute Gasteiger partial charge is 0.506 e. The summed E-state index contributed by atoms with van der Waals surface area (Å²) in [4.78, 5) is 13.5. The zero-order valence-electron chi connectivity index (χ0n) is 15.8. The number of hydrogen-bond donors (Lipinski definition) is 1. The Hall–Kier alpha value is -1.09. The van der Waals surface area contributed by atoms with E-state index in [4.69, 9.17) is 4.42 Å². The molecule has 2 aromatic carbocycles. The minimum atomic E-state index is -0.0172. The molecule has 28 heavy (non-hydrogen) atoms. The van der Waals surface area contributed by atoms with E-state index in [1.54, 1.807) is 12.1 Å². The maximum atomic E-state index is 13.5. The van der Waals surface area contributed by atoms with E-state index >= 15 is 0 Å². The minimum absolute atomic E-state index is 0.0172. The molecule has 1 N–H and O–H groups in total. The third-order valence-corrected chi connectivity index (χ3v) is 7.16. The highest BCUT2D eigenvalue weighted by Gasteiger charge is 2.26. The number of furan rings is 1. The van der Waals surface area contributed by atoms with Crippen LogP contribution < -0.4 is 0 Å². The highest BCUT2D eigenvalue weighted by Crippen LogP contribution is 2.37. The number of carbonyl (C=O) groups excluding carboxylic acids is 1. The highest BCUT2D eigenvalue weighted by molar-refractivity contribution is 14.1. The van der Waals surface area contributed by atoms with Gasteiger partial charge in [-0.15, -0.1) is 0 Å². The van der Waals surface area contributed by atoms with E-state index in [0.29, 0.717) is 18.3 Å². The minimum Gasteiger partial charge on any atom is -0.506 e. The predicted molar refractivity (Wildman–Crippen MR) is 128 cm³/mol. The first-order chi connectivity index (χ1) is 13.5. The Morgan fingerprint density at radius 2 is 1.86 bits per heavy atom. The zero-order chi connectivity index (χ0) is 19.8. The van der Waals surface area contributed by atoms with Gasteiger partial charge in [-0.05, 0) is 101 Å². The van der Waals surface area contributed by atoms with Gasteiger partial charge in [0.15, 0.2) is 5.78 Å². The van der Waals surface area contributed by atoms with Crippen LogP contribution in [0, 0.1) is 7.14 Å². The van der Waals surface area contributed by atoms with E-state index in [-0.39, 0.29) is 11.5 Å². The van der Waals surface area contributed by atoms with Crippen LogP contribution in [0.5, 0.6) is 5.75 Å². The Morgan fingerprint density at radius 3 is 2.57 bits per heavy atom. The number of fused-ring (bicyclic) bond motifs is 3. The summed E-state index contributed by atoms with van der Waals surface area (Å²) < 4.78 is 7.73. The Bertz CT molecular complexity index is 1040. The molecule has 146 valence electrons. The van der Waals surface area contributed by atoms with Crippen LogP contribution in [0.4, 0.5) is 0 Å². The van der Waals surface area contributed by atoms with Crippen LogP contribution >= 0.6 is 45.2 Å². The van der Waals surface area contributed by atoms with Crippen molar-refractivity contribution in [2.75, 3.05) is 0 Å². The second-order valence-electron chi connectivity index (χ2n) is 7.41. The topological polar surface area (TPSA) is 50.4 Å². The van der Waals surface area contributed by atoms with Crippen molar-refractivity contribution >= 4 is 61.9 Å². The van der Waals surface area contributed by atoms with Crippen molar-refractivity contribution in [1.82, 2.24) is 0 Å². The first-order valence-corrected chi connectivity index (χ1v) is 12.0. The molecule has 0 radical (unpaired) electrons.